The van der Waals surface area contributed by atoms with Gasteiger partial charge < -0.3 is 9.84 Å². The van der Waals surface area contributed by atoms with Gasteiger partial charge in [0, 0.05) is 6.61 Å². The van der Waals surface area contributed by atoms with E-state index in [2.05, 4.69) is 13.8 Å². The first-order valence-electron chi connectivity index (χ1n) is 8.11. The lowest BCUT2D eigenvalue weighted by molar-refractivity contribution is -0.104. The summed E-state index contributed by atoms with van der Waals surface area (Å²) < 4.78 is 5.31. The van der Waals surface area contributed by atoms with E-state index in [1.165, 1.54) is 51.4 Å². The van der Waals surface area contributed by atoms with Crippen LogP contribution in [0.4, 0.5) is 0 Å². The SMILES string of the molecule is CCCCCCCCCCCC(O)OCCCC. The predicted octanol–water partition coefficient (Wildman–Crippen LogP) is 5.04. The van der Waals surface area contributed by atoms with Crippen molar-refractivity contribution in [2.45, 2.75) is 97.2 Å². The molecule has 0 amide bonds. The smallest absolute Gasteiger partial charge is 0.154 e. The first-order chi connectivity index (χ1) is 8.81. The molecule has 2 nitrogen and oxygen atoms in total. The lowest BCUT2D eigenvalue weighted by atomic mass is 10.1. The van der Waals surface area contributed by atoms with Crippen molar-refractivity contribution in [3.63, 3.8) is 0 Å². The van der Waals surface area contributed by atoms with Crippen LogP contribution in [0, 0.1) is 0 Å². The second kappa shape index (κ2) is 15.0. The van der Waals surface area contributed by atoms with Crippen LogP contribution in [0.15, 0.2) is 0 Å². The van der Waals surface area contributed by atoms with Crippen molar-refractivity contribution in [1.82, 2.24) is 0 Å². The van der Waals surface area contributed by atoms with E-state index in [-0.39, 0.29) is 0 Å². The average Bonchev–Trinajstić information content (AvgIpc) is 2.37. The van der Waals surface area contributed by atoms with Crippen LogP contribution >= 0.6 is 0 Å². The summed E-state index contributed by atoms with van der Waals surface area (Å²) in [7, 11) is 0. The maximum Gasteiger partial charge on any atom is 0.154 e. The van der Waals surface area contributed by atoms with Crippen molar-refractivity contribution in [2.24, 2.45) is 0 Å². The Labute approximate surface area is 114 Å². The molecule has 1 unspecified atom stereocenters. The lowest BCUT2D eigenvalue weighted by Crippen LogP contribution is -2.12. The first-order valence-corrected chi connectivity index (χ1v) is 8.11. The fourth-order valence-corrected chi connectivity index (χ4v) is 2.08. The Morgan fingerprint density at radius 1 is 0.722 bits per heavy atom. The summed E-state index contributed by atoms with van der Waals surface area (Å²) in [5, 5.41) is 9.55. The van der Waals surface area contributed by atoms with Crippen molar-refractivity contribution in [3.8, 4) is 0 Å². The van der Waals surface area contributed by atoms with Crippen LogP contribution in [0.2, 0.25) is 0 Å². The number of hydrogen-bond donors (Lipinski definition) is 1. The molecule has 0 heterocycles. The van der Waals surface area contributed by atoms with E-state index in [9.17, 15) is 5.11 Å². The molecule has 0 aliphatic heterocycles. The molecule has 18 heavy (non-hydrogen) atoms. The van der Waals surface area contributed by atoms with Gasteiger partial charge in [-0.25, -0.2) is 0 Å². The van der Waals surface area contributed by atoms with Crippen LogP contribution in [-0.4, -0.2) is 18.0 Å². The van der Waals surface area contributed by atoms with E-state index in [1.807, 2.05) is 0 Å². The fraction of sp³-hybridized carbons (Fsp3) is 1.00. The minimum atomic E-state index is -0.527. The molecule has 0 aromatic rings. The third-order valence-corrected chi connectivity index (χ3v) is 3.36. The molecule has 110 valence electrons. The zero-order valence-electron chi connectivity index (χ0n) is 12.6. The molecule has 1 N–H and O–H groups in total. The fourth-order valence-electron chi connectivity index (χ4n) is 2.08. The molecule has 0 bridgehead atoms. The third-order valence-electron chi connectivity index (χ3n) is 3.36. The van der Waals surface area contributed by atoms with Crippen molar-refractivity contribution >= 4 is 0 Å². The van der Waals surface area contributed by atoms with Gasteiger partial charge >= 0.3 is 0 Å². The normalized spacial score (nSPS) is 12.8. The zero-order chi connectivity index (χ0) is 13.5. The van der Waals surface area contributed by atoms with Crippen LogP contribution in [-0.2, 0) is 4.74 Å². The number of rotatable bonds is 14. The minimum absolute atomic E-state index is 0.527. The quantitative estimate of drug-likeness (QED) is 0.349. The van der Waals surface area contributed by atoms with E-state index < -0.39 is 6.29 Å². The highest BCUT2D eigenvalue weighted by molar-refractivity contribution is 4.49. The van der Waals surface area contributed by atoms with Gasteiger partial charge in [-0.3, -0.25) is 0 Å². The number of unbranched alkanes of at least 4 members (excludes halogenated alkanes) is 9. The molecular weight excluding hydrogens is 224 g/mol. The Bertz CT molecular complexity index is 148. The number of aliphatic hydroxyl groups excluding tert-OH is 1. The van der Waals surface area contributed by atoms with E-state index >= 15 is 0 Å². The molecule has 0 radical (unpaired) electrons. The highest BCUT2D eigenvalue weighted by Crippen LogP contribution is 2.11. The van der Waals surface area contributed by atoms with Gasteiger partial charge in [0.25, 0.3) is 0 Å². The topological polar surface area (TPSA) is 29.5 Å². The lowest BCUT2D eigenvalue weighted by Gasteiger charge is -2.11. The molecule has 0 fully saturated rings. The molecule has 0 aromatic heterocycles. The average molecular weight is 258 g/mol. The van der Waals surface area contributed by atoms with Crippen molar-refractivity contribution in [2.75, 3.05) is 6.61 Å². The van der Waals surface area contributed by atoms with E-state index in [0.29, 0.717) is 6.61 Å². The van der Waals surface area contributed by atoms with Gasteiger partial charge in [-0.1, -0.05) is 71.6 Å². The van der Waals surface area contributed by atoms with Crippen molar-refractivity contribution in [3.05, 3.63) is 0 Å². The Hall–Kier alpha value is -0.0800. The van der Waals surface area contributed by atoms with Crippen LogP contribution < -0.4 is 0 Å². The summed E-state index contributed by atoms with van der Waals surface area (Å²) in [6.07, 6.45) is 14.4. The van der Waals surface area contributed by atoms with Gasteiger partial charge in [0.2, 0.25) is 0 Å². The van der Waals surface area contributed by atoms with Crippen molar-refractivity contribution < 1.29 is 9.84 Å². The van der Waals surface area contributed by atoms with Crippen LogP contribution in [0.1, 0.15) is 90.9 Å². The number of aliphatic hydroxyl groups is 1. The molecule has 0 aromatic carbocycles. The summed E-state index contributed by atoms with van der Waals surface area (Å²) in [6.45, 7) is 5.10. The molecule has 0 saturated carbocycles. The van der Waals surface area contributed by atoms with Gasteiger partial charge in [0.05, 0.1) is 0 Å². The Morgan fingerprint density at radius 3 is 1.78 bits per heavy atom. The largest absolute Gasteiger partial charge is 0.368 e. The molecule has 2 heteroatoms. The Balaban J connectivity index is 3.05. The van der Waals surface area contributed by atoms with Crippen LogP contribution in [0.5, 0.6) is 0 Å². The molecule has 0 aliphatic rings. The highest BCUT2D eigenvalue weighted by atomic mass is 16.6. The van der Waals surface area contributed by atoms with E-state index in [1.54, 1.807) is 0 Å². The standard InChI is InChI=1S/C16H34O2/c1-3-5-7-8-9-10-11-12-13-14-16(17)18-15-6-4-2/h16-17H,3-15H2,1-2H3. The van der Waals surface area contributed by atoms with E-state index in [0.717, 1.165) is 25.7 Å². The van der Waals surface area contributed by atoms with Crippen LogP contribution in [0.25, 0.3) is 0 Å². The summed E-state index contributed by atoms with van der Waals surface area (Å²) >= 11 is 0. The summed E-state index contributed by atoms with van der Waals surface area (Å²) in [5.41, 5.74) is 0. The maximum atomic E-state index is 9.55. The van der Waals surface area contributed by atoms with Gasteiger partial charge in [-0.05, 0) is 19.3 Å². The molecular formula is C16H34O2. The van der Waals surface area contributed by atoms with Gasteiger partial charge in [-0.2, -0.15) is 0 Å². The third kappa shape index (κ3) is 14.0. The van der Waals surface area contributed by atoms with Gasteiger partial charge in [0.1, 0.15) is 0 Å². The Morgan fingerprint density at radius 2 is 1.22 bits per heavy atom. The van der Waals surface area contributed by atoms with Crippen LogP contribution in [0.3, 0.4) is 0 Å². The highest BCUT2D eigenvalue weighted by Gasteiger charge is 2.02. The minimum Gasteiger partial charge on any atom is -0.368 e. The second-order valence-corrected chi connectivity index (χ2v) is 5.30. The number of hydrogen-bond acceptors (Lipinski definition) is 2. The zero-order valence-corrected chi connectivity index (χ0v) is 12.6. The summed E-state index contributed by atoms with van der Waals surface area (Å²) in [5.74, 6) is 0. The molecule has 0 rings (SSSR count). The van der Waals surface area contributed by atoms with E-state index in [4.69, 9.17) is 4.74 Å². The van der Waals surface area contributed by atoms with Crippen molar-refractivity contribution in [1.29, 1.82) is 0 Å². The predicted molar refractivity (Wildman–Crippen MR) is 78.7 cm³/mol. The van der Waals surface area contributed by atoms with Gasteiger partial charge in [0.15, 0.2) is 6.29 Å². The maximum absolute atomic E-state index is 9.55. The van der Waals surface area contributed by atoms with Gasteiger partial charge in [-0.15, -0.1) is 0 Å². The molecule has 1 atom stereocenters. The Kier molecular flexibility index (Phi) is 14.9. The molecule has 0 aliphatic carbocycles. The monoisotopic (exact) mass is 258 g/mol. The number of ether oxygens (including phenoxy) is 1. The molecule has 0 spiro atoms. The summed E-state index contributed by atoms with van der Waals surface area (Å²) in [6, 6.07) is 0. The summed E-state index contributed by atoms with van der Waals surface area (Å²) in [4.78, 5) is 0. The first kappa shape index (κ1) is 17.9. The second-order valence-electron chi connectivity index (χ2n) is 5.30. The molecule has 0 saturated heterocycles.